The average Bonchev–Trinajstić information content (AvgIpc) is 3.18. The van der Waals surface area contributed by atoms with Crippen LogP contribution in [0.3, 0.4) is 0 Å². The molecule has 0 bridgehead atoms. The van der Waals surface area contributed by atoms with Crippen molar-refractivity contribution in [1.29, 1.82) is 0 Å². The fourth-order valence-corrected chi connectivity index (χ4v) is 4.63. The molecule has 158 valence electrons. The Balaban J connectivity index is 1.17. The highest BCUT2D eigenvalue weighted by Crippen LogP contribution is 2.58. The van der Waals surface area contributed by atoms with Crippen LogP contribution in [0.5, 0.6) is 0 Å². The number of hydrogen-bond acceptors (Lipinski definition) is 7. The van der Waals surface area contributed by atoms with Gasteiger partial charge in [-0.15, -0.1) is 0 Å². The zero-order valence-corrected chi connectivity index (χ0v) is 16.4. The van der Waals surface area contributed by atoms with Gasteiger partial charge in [-0.05, 0) is 24.0 Å². The highest BCUT2D eigenvalue weighted by molar-refractivity contribution is 5.68. The van der Waals surface area contributed by atoms with Crippen LogP contribution in [0.25, 0.3) is 11.2 Å². The summed E-state index contributed by atoms with van der Waals surface area (Å²) >= 11 is 0. The van der Waals surface area contributed by atoms with Gasteiger partial charge in [0.1, 0.15) is 24.5 Å². The minimum absolute atomic E-state index is 0.114. The van der Waals surface area contributed by atoms with Gasteiger partial charge in [-0.2, -0.15) is 4.98 Å². The molecule has 2 fully saturated rings. The van der Waals surface area contributed by atoms with E-state index in [-0.39, 0.29) is 35.5 Å². The van der Waals surface area contributed by atoms with E-state index in [1.165, 1.54) is 17.0 Å². The summed E-state index contributed by atoms with van der Waals surface area (Å²) in [5.41, 5.74) is 0.849. The summed E-state index contributed by atoms with van der Waals surface area (Å²) in [7, 11) is 1.73. The zero-order valence-electron chi connectivity index (χ0n) is 16.4. The second-order valence-electron chi connectivity index (χ2n) is 8.11. The van der Waals surface area contributed by atoms with E-state index in [1.807, 2.05) is 4.90 Å². The SMILES string of the molecule is Cn1cnc2ncn(Cc3nc(C4C5CN(c6cc(F)ccc6F)C[C@@H]54)no3)c(=O)c21. The van der Waals surface area contributed by atoms with E-state index in [2.05, 4.69) is 20.1 Å². The molecule has 3 atom stereocenters. The van der Waals surface area contributed by atoms with Crippen LogP contribution < -0.4 is 10.5 Å². The lowest BCUT2D eigenvalue weighted by Gasteiger charge is -2.22. The van der Waals surface area contributed by atoms with E-state index in [4.69, 9.17) is 4.52 Å². The molecule has 0 spiro atoms. The Morgan fingerprint density at radius 1 is 1.16 bits per heavy atom. The third-order valence-electron chi connectivity index (χ3n) is 6.23. The zero-order chi connectivity index (χ0) is 21.3. The van der Waals surface area contributed by atoms with Crippen molar-refractivity contribution in [1.82, 2.24) is 29.2 Å². The number of halogens is 2. The Morgan fingerprint density at radius 3 is 2.74 bits per heavy atom. The fraction of sp³-hybridized carbons (Fsp3) is 0.350. The Kier molecular flexibility index (Phi) is 3.77. The molecular formula is C20H17F2N7O2. The monoisotopic (exact) mass is 425 g/mol. The maximum absolute atomic E-state index is 14.0. The number of rotatable bonds is 4. The summed E-state index contributed by atoms with van der Waals surface area (Å²) in [4.78, 5) is 27.3. The predicted molar refractivity (Wildman–Crippen MR) is 104 cm³/mol. The van der Waals surface area contributed by atoms with Gasteiger partial charge in [0.2, 0.25) is 5.89 Å². The standard InChI is InChI=1S/C20H17F2N7O2/c1-27-8-23-19-17(27)20(30)29(9-24-19)7-15-25-18(26-31-15)16-11-5-28(6-12(11)16)14-4-10(21)2-3-13(14)22/h2-4,8-9,11-12,16H,5-7H2,1H3/t11-,12?,16?/m0/s1. The molecule has 3 aromatic heterocycles. The van der Waals surface area contributed by atoms with Gasteiger partial charge < -0.3 is 14.0 Å². The first-order valence-electron chi connectivity index (χ1n) is 9.88. The van der Waals surface area contributed by atoms with Crippen LogP contribution in [0, 0.1) is 23.5 Å². The number of aryl methyl sites for hydroxylation is 1. The van der Waals surface area contributed by atoms with Gasteiger partial charge in [0.15, 0.2) is 17.0 Å². The maximum Gasteiger partial charge on any atom is 0.280 e. The topological polar surface area (TPSA) is 94.9 Å². The van der Waals surface area contributed by atoms with Crippen LogP contribution in [-0.4, -0.2) is 42.3 Å². The lowest BCUT2D eigenvalue weighted by Crippen LogP contribution is -2.25. The van der Waals surface area contributed by atoms with Crippen LogP contribution >= 0.6 is 0 Å². The van der Waals surface area contributed by atoms with Gasteiger partial charge in [0, 0.05) is 32.1 Å². The Hall–Kier alpha value is -3.63. The van der Waals surface area contributed by atoms with Gasteiger partial charge in [0.25, 0.3) is 5.56 Å². The number of hydrogen-bond donors (Lipinski definition) is 0. The Bertz CT molecular complexity index is 1370. The van der Waals surface area contributed by atoms with Crippen LogP contribution in [0.1, 0.15) is 17.6 Å². The molecule has 0 N–H and O–H groups in total. The molecule has 1 aromatic carbocycles. The first kappa shape index (κ1) is 18.2. The third kappa shape index (κ3) is 2.83. The number of fused-ring (bicyclic) bond motifs is 2. The van der Waals surface area contributed by atoms with E-state index in [1.54, 1.807) is 17.9 Å². The summed E-state index contributed by atoms with van der Waals surface area (Å²) in [5.74, 6) is 0.688. The molecule has 31 heavy (non-hydrogen) atoms. The van der Waals surface area contributed by atoms with Crippen LogP contribution in [0.4, 0.5) is 14.5 Å². The largest absolute Gasteiger partial charge is 0.368 e. The summed E-state index contributed by atoms with van der Waals surface area (Å²) in [6.45, 7) is 1.34. The molecule has 0 radical (unpaired) electrons. The average molecular weight is 425 g/mol. The molecule has 11 heteroatoms. The third-order valence-corrected chi connectivity index (χ3v) is 6.23. The lowest BCUT2D eigenvalue weighted by molar-refractivity contribution is 0.363. The molecule has 1 aliphatic carbocycles. The summed E-state index contributed by atoms with van der Waals surface area (Å²) in [5, 5.41) is 4.09. The molecule has 1 saturated heterocycles. The molecule has 2 unspecified atom stereocenters. The van der Waals surface area contributed by atoms with E-state index >= 15 is 0 Å². The number of piperidine rings is 1. The van der Waals surface area contributed by atoms with Crippen LogP contribution in [0.2, 0.25) is 0 Å². The number of nitrogens with zero attached hydrogens (tertiary/aromatic N) is 7. The summed E-state index contributed by atoms with van der Waals surface area (Å²) in [6, 6.07) is 3.50. The van der Waals surface area contributed by atoms with Crippen molar-refractivity contribution in [2.75, 3.05) is 18.0 Å². The summed E-state index contributed by atoms with van der Waals surface area (Å²) in [6.07, 6.45) is 2.96. The van der Waals surface area contributed by atoms with Gasteiger partial charge >= 0.3 is 0 Å². The number of benzene rings is 1. The Labute approximate surface area is 173 Å². The van der Waals surface area contributed by atoms with E-state index < -0.39 is 11.6 Å². The molecular weight excluding hydrogens is 408 g/mol. The van der Waals surface area contributed by atoms with Crippen molar-refractivity contribution in [3.63, 3.8) is 0 Å². The lowest BCUT2D eigenvalue weighted by atomic mass is 10.2. The van der Waals surface area contributed by atoms with Crippen molar-refractivity contribution < 1.29 is 13.3 Å². The first-order valence-corrected chi connectivity index (χ1v) is 9.88. The highest BCUT2D eigenvalue weighted by Gasteiger charge is 2.58. The van der Waals surface area contributed by atoms with Crippen LogP contribution in [-0.2, 0) is 13.6 Å². The maximum atomic E-state index is 14.0. The van der Waals surface area contributed by atoms with E-state index in [0.717, 1.165) is 12.1 Å². The predicted octanol–water partition coefficient (Wildman–Crippen LogP) is 1.69. The molecule has 2 aliphatic rings. The molecule has 9 nitrogen and oxygen atoms in total. The van der Waals surface area contributed by atoms with Crippen molar-refractivity contribution in [3.8, 4) is 0 Å². The minimum Gasteiger partial charge on any atom is -0.368 e. The summed E-state index contributed by atoms with van der Waals surface area (Å²) < 4.78 is 35.9. The van der Waals surface area contributed by atoms with Crippen molar-refractivity contribution in [2.24, 2.45) is 18.9 Å². The first-order chi connectivity index (χ1) is 15.0. The molecule has 1 aliphatic heterocycles. The van der Waals surface area contributed by atoms with E-state index in [9.17, 15) is 13.6 Å². The van der Waals surface area contributed by atoms with E-state index in [0.29, 0.717) is 36.0 Å². The van der Waals surface area contributed by atoms with Gasteiger partial charge in [-0.3, -0.25) is 9.36 Å². The van der Waals surface area contributed by atoms with Crippen LogP contribution in [0.15, 0.2) is 40.2 Å². The van der Waals surface area contributed by atoms with Crippen molar-refractivity contribution in [2.45, 2.75) is 12.5 Å². The van der Waals surface area contributed by atoms with Gasteiger partial charge in [0.05, 0.1) is 12.0 Å². The number of aromatic nitrogens is 6. The van der Waals surface area contributed by atoms with Crippen molar-refractivity contribution in [3.05, 3.63) is 64.6 Å². The minimum atomic E-state index is -0.453. The number of imidazole rings is 1. The quantitative estimate of drug-likeness (QED) is 0.491. The number of anilines is 1. The van der Waals surface area contributed by atoms with Gasteiger partial charge in [-0.1, -0.05) is 5.16 Å². The normalized spacial score (nSPS) is 22.3. The molecule has 1 saturated carbocycles. The van der Waals surface area contributed by atoms with Gasteiger partial charge in [-0.25, -0.2) is 18.7 Å². The van der Waals surface area contributed by atoms with Crippen molar-refractivity contribution >= 4 is 16.9 Å². The fourth-order valence-electron chi connectivity index (χ4n) is 4.63. The second kappa shape index (κ2) is 6.43. The highest BCUT2D eigenvalue weighted by atomic mass is 19.1. The molecule has 6 rings (SSSR count). The molecule has 4 heterocycles. The smallest absolute Gasteiger partial charge is 0.280 e. The Morgan fingerprint density at radius 2 is 1.94 bits per heavy atom. The second-order valence-corrected chi connectivity index (χ2v) is 8.11. The molecule has 4 aromatic rings. The molecule has 0 amide bonds.